The molecule has 0 atom stereocenters. The lowest BCUT2D eigenvalue weighted by atomic mass is 9.99. The van der Waals surface area contributed by atoms with Crippen LogP contribution in [-0.2, 0) is 13.0 Å². The van der Waals surface area contributed by atoms with Gasteiger partial charge in [-0.05, 0) is 35.7 Å². The molecule has 28 heavy (non-hydrogen) atoms. The van der Waals surface area contributed by atoms with Gasteiger partial charge >= 0.3 is 0 Å². The number of nitro benzene ring substituents is 1. The molecule has 0 radical (unpaired) electrons. The maximum Gasteiger partial charge on any atom is 0.293 e. The van der Waals surface area contributed by atoms with Crippen LogP contribution in [0, 0.1) is 10.1 Å². The number of rotatable bonds is 5. The Hall–Kier alpha value is -3.67. The SMILES string of the molecule is O=[N+]([O-])c1cc(C=NNc2ccccc2)ccc1N1CCc2ccccc2C1. The molecule has 1 N–H and O–H groups in total. The van der Waals surface area contributed by atoms with Crippen LogP contribution in [-0.4, -0.2) is 17.7 Å². The van der Waals surface area contributed by atoms with Crippen molar-refractivity contribution in [3.05, 3.63) is 99.6 Å². The molecule has 0 saturated heterocycles. The van der Waals surface area contributed by atoms with Crippen molar-refractivity contribution in [1.29, 1.82) is 0 Å². The number of para-hydroxylation sites is 1. The number of nitro groups is 1. The van der Waals surface area contributed by atoms with Crippen molar-refractivity contribution in [2.75, 3.05) is 16.9 Å². The van der Waals surface area contributed by atoms with Crippen molar-refractivity contribution in [1.82, 2.24) is 0 Å². The molecule has 1 aliphatic rings. The van der Waals surface area contributed by atoms with Gasteiger partial charge in [-0.25, -0.2) is 0 Å². The first-order chi connectivity index (χ1) is 13.7. The fraction of sp³-hybridized carbons (Fsp3) is 0.136. The summed E-state index contributed by atoms with van der Waals surface area (Å²) >= 11 is 0. The van der Waals surface area contributed by atoms with Gasteiger partial charge in [0.05, 0.1) is 16.8 Å². The Morgan fingerprint density at radius 3 is 2.54 bits per heavy atom. The van der Waals surface area contributed by atoms with Gasteiger partial charge in [-0.2, -0.15) is 5.10 Å². The number of nitrogens with zero attached hydrogens (tertiary/aromatic N) is 3. The number of anilines is 2. The van der Waals surface area contributed by atoms with Crippen LogP contribution in [0.25, 0.3) is 0 Å². The van der Waals surface area contributed by atoms with Gasteiger partial charge in [0.1, 0.15) is 5.69 Å². The summed E-state index contributed by atoms with van der Waals surface area (Å²) in [6, 6.07) is 23.1. The molecule has 0 saturated carbocycles. The third-order valence-electron chi connectivity index (χ3n) is 4.85. The second-order valence-corrected chi connectivity index (χ2v) is 6.68. The maximum absolute atomic E-state index is 11.7. The van der Waals surface area contributed by atoms with Gasteiger partial charge in [-0.3, -0.25) is 15.5 Å². The van der Waals surface area contributed by atoms with Gasteiger partial charge in [-0.15, -0.1) is 0 Å². The van der Waals surface area contributed by atoms with Crippen LogP contribution in [0.15, 0.2) is 77.9 Å². The normalized spacial score (nSPS) is 13.4. The largest absolute Gasteiger partial charge is 0.361 e. The Balaban J connectivity index is 1.55. The smallest absolute Gasteiger partial charge is 0.293 e. The van der Waals surface area contributed by atoms with Crippen LogP contribution in [0.1, 0.15) is 16.7 Å². The molecule has 0 spiro atoms. The van der Waals surface area contributed by atoms with Crippen LogP contribution in [0.5, 0.6) is 0 Å². The molecule has 3 aromatic rings. The number of hydrogen-bond acceptors (Lipinski definition) is 5. The van der Waals surface area contributed by atoms with Crippen LogP contribution < -0.4 is 10.3 Å². The quantitative estimate of drug-likeness (QED) is 0.403. The zero-order valence-corrected chi connectivity index (χ0v) is 15.3. The highest BCUT2D eigenvalue weighted by molar-refractivity contribution is 5.83. The highest BCUT2D eigenvalue weighted by atomic mass is 16.6. The van der Waals surface area contributed by atoms with Crippen molar-refractivity contribution in [3.63, 3.8) is 0 Å². The third-order valence-corrected chi connectivity index (χ3v) is 4.85. The van der Waals surface area contributed by atoms with Crippen LogP contribution in [0.3, 0.4) is 0 Å². The van der Waals surface area contributed by atoms with Crippen molar-refractivity contribution in [2.24, 2.45) is 5.10 Å². The second-order valence-electron chi connectivity index (χ2n) is 6.68. The first-order valence-electron chi connectivity index (χ1n) is 9.15. The van der Waals surface area contributed by atoms with E-state index in [1.165, 1.54) is 11.1 Å². The highest BCUT2D eigenvalue weighted by Crippen LogP contribution is 2.32. The lowest BCUT2D eigenvalue weighted by molar-refractivity contribution is -0.384. The van der Waals surface area contributed by atoms with Crippen LogP contribution in [0.4, 0.5) is 17.1 Å². The average Bonchev–Trinajstić information content (AvgIpc) is 2.74. The molecule has 1 aliphatic heterocycles. The molecule has 6 heteroatoms. The van der Waals surface area contributed by atoms with Crippen molar-refractivity contribution < 1.29 is 4.92 Å². The molecule has 0 aliphatic carbocycles. The zero-order chi connectivity index (χ0) is 19.3. The maximum atomic E-state index is 11.7. The standard InChI is InChI=1S/C22H20N4O2/c27-26(28)22-14-17(15-23-24-20-8-2-1-3-9-20)10-11-21(22)25-13-12-18-6-4-5-7-19(18)16-25/h1-11,14-15,24H,12-13,16H2. The molecule has 0 amide bonds. The van der Waals surface area contributed by atoms with E-state index < -0.39 is 0 Å². The van der Waals surface area contributed by atoms with Gasteiger partial charge in [0.15, 0.2) is 0 Å². The summed E-state index contributed by atoms with van der Waals surface area (Å²) in [6.45, 7) is 1.45. The molecular formula is C22H20N4O2. The Morgan fingerprint density at radius 1 is 1.00 bits per heavy atom. The van der Waals surface area contributed by atoms with Gasteiger partial charge in [0, 0.05) is 24.7 Å². The Morgan fingerprint density at radius 2 is 1.75 bits per heavy atom. The number of nitrogens with one attached hydrogen (secondary N) is 1. The van der Waals surface area contributed by atoms with E-state index in [0.717, 1.165) is 18.7 Å². The summed E-state index contributed by atoms with van der Waals surface area (Å²) in [4.78, 5) is 13.4. The van der Waals surface area contributed by atoms with Crippen LogP contribution in [0.2, 0.25) is 0 Å². The molecule has 0 fully saturated rings. The Labute approximate surface area is 163 Å². The minimum absolute atomic E-state index is 0.100. The Bertz CT molecular complexity index is 1020. The summed E-state index contributed by atoms with van der Waals surface area (Å²) in [5.41, 5.74) is 7.74. The fourth-order valence-corrected chi connectivity index (χ4v) is 3.43. The van der Waals surface area contributed by atoms with E-state index >= 15 is 0 Å². The molecule has 0 aromatic heterocycles. The third kappa shape index (κ3) is 3.86. The van der Waals surface area contributed by atoms with E-state index in [-0.39, 0.29) is 10.6 Å². The Kier molecular flexibility index (Phi) is 5.01. The molecule has 0 unspecified atom stereocenters. The van der Waals surface area contributed by atoms with Gasteiger partial charge in [0.2, 0.25) is 0 Å². The van der Waals surface area contributed by atoms with Crippen LogP contribution >= 0.6 is 0 Å². The summed E-state index contributed by atoms with van der Waals surface area (Å²) in [7, 11) is 0. The van der Waals surface area contributed by atoms with Crippen molar-refractivity contribution in [2.45, 2.75) is 13.0 Å². The molecule has 3 aromatic carbocycles. The van der Waals surface area contributed by atoms with Gasteiger partial charge < -0.3 is 4.90 Å². The fourth-order valence-electron chi connectivity index (χ4n) is 3.43. The lowest BCUT2D eigenvalue weighted by Crippen LogP contribution is -2.30. The summed E-state index contributed by atoms with van der Waals surface area (Å²) in [6.07, 6.45) is 2.48. The van der Waals surface area contributed by atoms with Crippen molar-refractivity contribution in [3.8, 4) is 0 Å². The van der Waals surface area contributed by atoms with E-state index in [4.69, 9.17) is 0 Å². The monoisotopic (exact) mass is 372 g/mol. The number of hydrogen-bond donors (Lipinski definition) is 1. The van der Waals surface area contributed by atoms with E-state index in [9.17, 15) is 10.1 Å². The molecule has 0 bridgehead atoms. The molecule has 1 heterocycles. The van der Waals surface area contributed by atoms with Crippen molar-refractivity contribution >= 4 is 23.3 Å². The van der Waals surface area contributed by atoms with E-state index in [0.29, 0.717) is 17.8 Å². The number of fused-ring (bicyclic) bond motifs is 1. The second kappa shape index (κ2) is 7.92. The molecule has 4 rings (SSSR count). The molecule has 6 nitrogen and oxygen atoms in total. The first-order valence-corrected chi connectivity index (χ1v) is 9.15. The lowest BCUT2D eigenvalue weighted by Gasteiger charge is -2.30. The summed E-state index contributed by atoms with van der Waals surface area (Å²) in [5.74, 6) is 0. The molecular weight excluding hydrogens is 352 g/mol. The minimum atomic E-state index is -0.322. The van der Waals surface area contributed by atoms with E-state index in [2.05, 4.69) is 27.6 Å². The predicted molar refractivity (Wildman–Crippen MR) is 112 cm³/mol. The topological polar surface area (TPSA) is 70.8 Å². The summed E-state index contributed by atoms with van der Waals surface area (Å²) in [5, 5.41) is 15.8. The number of hydrazone groups is 1. The summed E-state index contributed by atoms with van der Waals surface area (Å²) < 4.78 is 0. The highest BCUT2D eigenvalue weighted by Gasteiger charge is 2.23. The molecule has 140 valence electrons. The minimum Gasteiger partial charge on any atom is -0.361 e. The van der Waals surface area contributed by atoms with Gasteiger partial charge in [0.25, 0.3) is 5.69 Å². The van der Waals surface area contributed by atoms with E-state index in [1.54, 1.807) is 12.3 Å². The zero-order valence-electron chi connectivity index (χ0n) is 15.3. The first kappa shape index (κ1) is 17.7. The predicted octanol–water partition coefficient (Wildman–Crippen LogP) is 4.60. The number of benzene rings is 3. The van der Waals surface area contributed by atoms with Gasteiger partial charge in [-0.1, -0.05) is 48.5 Å². The van der Waals surface area contributed by atoms with E-state index in [1.807, 2.05) is 54.6 Å². The average molecular weight is 372 g/mol.